The highest BCUT2D eigenvalue weighted by molar-refractivity contribution is 5.74. The van der Waals surface area contributed by atoms with Crippen LogP contribution >= 0.6 is 0 Å². The Kier molecular flexibility index (Phi) is 4.55. The summed E-state index contributed by atoms with van der Waals surface area (Å²) in [4.78, 5) is 15.9. The molecular weight excluding hydrogens is 308 g/mol. The normalized spacial score (nSPS) is 10.6. The van der Waals surface area contributed by atoms with Gasteiger partial charge in [-0.2, -0.15) is 10.1 Å². The number of aryl methyl sites for hydroxylation is 2. The van der Waals surface area contributed by atoms with Gasteiger partial charge in [-0.3, -0.25) is 4.68 Å². The molecule has 8 nitrogen and oxygen atoms in total. The lowest BCUT2D eigenvalue weighted by molar-refractivity contribution is 0.238. The van der Waals surface area contributed by atoms with E-state index in [0.29, 0.717) is 18.3 Å². The summed E-state index contributed by atoms with van der Waals surface area (Å²) in [6, 6.07) is 9.54. The molecule has 24 heavy (non-hydrogen) atoms. The zero-order valence-corrected chi connectivity index (χ0v) is 13.5. The van der Waals surface area contributed by atoms with Gasteiger partial charge in [0.1, 0.15) is 0 Å². The third-order valence-electron chi connectivity index (χ3n) is 3.36. The number of rotatable bonds is 5. The summed E-state index contributed by atoms with van der Waals surface area (Å²) in [6.45, 7) is 2.28. The van der Waals surface area contributed by atoms with Gasteiger partial charge in [0.2, 0.25) is 5.89 Å². The fraction of sp³-hybridized carbons (Fsp3) is 0.250. The Morgan fingerprint density at radius 3 is 2.67 bits per heavy atom. The number of carbonyl (C=O) groups excluding carboxylic acids is 1. The molecule has 0 saturated heterocycles. The van der Waals surface area contributed by atoms with Gasteiger partial charge in [0, 0.05) is 30.9 Å². The van der Waals surface area contributed by atoms with Gasteiger partial charge in [-0.1, -0.05) is 35.5 Å². The average molecular weight is 326 g/mol. The van der Waals surface area contributed by atoms with E-state index >= 15 is 0 Å². The Hall–Kier alpha value is -3.16. The number of hydrogen-bond donors (Lipinski definition) is 2. The fourth-order valence-corrected chi connectivity index (χ4v) is 2.31. The molecule has 0 aliphatic rings. The molecule has 0 unspecified atom stereocenters. The lowest BCUT2D eigenvalue weighted by atomic mass is 10.1. The molecule has 0 fully saturated rings. The second kappa shape index (κ2) is 6.95. The molecule has 124 valence electrons. The molecule has 3 aromatic rings. The van der Waals surface area contributed by atoms with Crippen LogP contribution in [-0.2, 0) is 20.1 Å². The first kappa shape index (κ1) is 15.7. The molecule has 0 saturated carbocycles. The molecule has 2 N–H and O–H groups in total. The lowest BCUT2D eigenvalue weighted by Crippen LogP contribution is -2.34. The van der Waals surface area contributed by atoms with Crippen molar-refractivity contribution in [2.24, 2.45) is 7.05 Å². The van der Waals surface area contributed by atoms with Crippen molar-refractivity contribution >= 4 is 6.03 Å². The minimum absolute atomic E-state index is 0.186. The molecule has 2 heterocycles. The molecule has 0 aliphatic carbocycles. The summed E-state index contributed by atoms with van der Waals surface area (Å²) in [5.41, 5.74) is 2.80. The standard InChI is InChI=1S/C16H18N6O2/c1-11-19-14(24-21-11)9-18-16(23)17-8-13-10-22(2)20-15(13)12-6-4-3-5-7-12/h3-7,10H,8-9H2,1-2H3,(H2,17,18,23). The molecule has 2 amide bonds. The zero-order valence-electron chi connectivity index (χ0n) is 13.5. The van der Waals surface area contributed by atoms with Crippen LogP contribution in [0.1, 0.15) is 17.3 Å². The maximum Gasteiger partial charge on any atom is 0.315 e. The van der Waals surface area contributed by atoms with Gasteiger partial charge < -0.3 is 15.2 Å². The van der Waals surface area contributed by atoms with Crippen molar-refractivity contribution in [3.05, 3.63) is 53.8 Å². The van der Waals surface area contributed by atoms with Crippen molar-refractivity contribution in [3.8, 4) is 11.3 Å². The van der Waals surface area contributed by atoms with Crippen LogP contribution in [-0.4, -0.2) is 26.0 Å². The van der Waals surface area contributed by atoms with Gasteiger partial charge in [-0.05, 0) is 6.92 Å². The van der Waals surface area contributed by atoms with Gasteiger partial charge >= 0.3 is 6.03 Å². The van der Waals surface area contributed by atoms with Crippen molar-refractivity contribution in [1.82, 2.24) is 30.6 Å². The van der Waals surface area contributed by atoms with Crippen LogP contribution in [0.2, 0.25) is 0 Å². The van der Waals surface area contributed by atoms with Crippen molar-refractivity contribution in [2.75, 3.05) is 0 Å². The number of amides is 2. The first-order valence-electron chi connectivity index (χ1n) is 7.50. The molecule has 0 spiro atoms. The van der Waals surface area contributed by atoms with E-state index in [0.717, 1.165) is 16.8 Å². The molecule has 0 atom stereocenters. The van der Waals surface area contributed by atoms with Crippen LogP contribution in [0.25, 0.3) is 11.3 Å². The molecule has 1 aromatic carbocycles. The number of urea groups is 1. The first-order chi connectivity index (χ1) is 11.6. The Morgan fingerprint density at radius 2 is 1.96 bits per heavy atom. The van der Waals surface area contributed by atoms with Crippen LogP contribution in [0.3, 0.4) is 0 Å². The zero-order chi connectivity index (χ0) is 16.9. The van der Waals surface area contributed by atoms with E-state index in [1.165, 1.54) is 0 Å². The minimum atomic E-state index is -0.311. The molecule has 8 heteroatoms. The highest BCUT2D eigenvalue weighted by atomic mass is 16.5. The van der Waals surface area contributed by atoms with Gasteiger partial charge in [0.25, 0.3) is 0 Å². The maximum atomic E-state index is 11.9. The summed E-state index contributed by atoms with van der Waals surface area (Å²) in [5.74, 6) is 0.907. The average Bonchev–Trinajstić information content (AvgIpc) is 3.17. The Morgan fingerprint density at radius 1 is 1.21 bits per heavy atom. The van der Waals surface area contributed by atoms with E-state index in [9.17, 15) is 4.79 Å². The quantitative estimate of drug-likeness (QED) is 0.745. The summed E-state index contributed by atoms with van der Waals surface area (Å²) in [7, 11) is 1.86. The SMILES string of the molecule is Cc1noc(CNC(=O)NCc2cn(C)nc2-c2ccccc2)n1. The first-order valence-corrected chi connectivity index (χ1v) is 7.50. The summed E-state index contributed by atoms with van der Waals surface area (Å²) in [6.07, 6.45) is 1.89. The Labute approximate surface area is 138 Å². The number of carbonyl (C=O) groups is 1. The van der Waals surface area contributed by atoms with Crippen LogP contribution in [0.4, 0.5) is 4.79 Å². The highest BCUT2D eigenvalue weighted by Gasteiger charge is 2.11. The maximum absolute atomic E-state index is 11.9. The second-order valence-corrected chi connectivity index (χ2v) is 5.31. The van der Waals surface area contributed by atoms with E-state index in [4.69, 9.17) is 4.52 Å². The van der Waals surface area contributed by atoms with Gasteiger partial charge in [-0.15, -0.1) is 0 Å². The fourth-order valence-electron chi connectivity index (χ4n) is 2.31. The molecule has 0 aliphatic heterocycles. The van der Waals surface area contributed by atoms with Crippen LogP contribution in [0.5, 0.6) is 0 Å². The number of aromatic nitrogens is 4. The van der Waals surface area contributed by atoms with E-state index < -0.39 is 0 Å². The lowest BCUT2D eigenvalue weighted by Gasteiger charge is -2.06. The van der Waals surface area contributed by atoms with Crippen molar-refractivity contribution in [2.45, 2.75) is 20.0 Å². The van der Waals surface area contributed by atoms with E-state index in [2.05, 4.69) is 25.9 Å². The Bertz CT molecular complexity index is 824. The number of benzene rings is 1. The Balaban J connectivity index is 1.59. The number of nitrogens with zero attached hydrogens (tertiary/aromatic N) is 4. The van der Waals surface area contributed by atoms with Crippen LogP contribution in [0.15, 0.2) is 41.1 Å². The highest BCUT2D eigenvalue weighted by Crippen LogP contribution is 2.21. The molecule has 0 radical (unpaired) electrons. The van der Waals surface area contributed by atoms with Crippen LogP contribution in [0, 0.1) is 6.92 Å². The van der Waals surface area contributed by atoms with Crippen molar-refractivity contribution in [3.63, 3.8) is 0 Å². The number of nitrogens with one attached hydrogen (secondary N) is 2. The van der Waals surface area contributed by atoms with Gasteiger partial charge in [0.15, 0.2) is 5.82 Å². The summed E-state index contributed by atoms with van der Waals surface area (Å²) < 4.78 is 6.68. The van der Waals surface area contributed by atoms with Crippen molar-refractivity contribution < 1.29 is 9.32 Å². The third kappa shape index (κ3) is 3.78. The van der Waals surface area contributed by atoms with Crippen LogP contribution < -0.4 is 10.6 Å². The van der Waals surface area contributed by atoms with E-state index in [1.807, 2.05) is 43.6 Å². The molecule has 3 rings (SSSR count). The third-order valence-corrected chi connectivity index (χ3v) is 3.36. The minimum Gasteiger partial charge on any atom is -0.337 e. The molecule has 0 bridgehead atoms. The van der Waals surface area contributed by atoms with Gasteiger partial charge in [0.05, 0.1) is 12.2 Å². The second-order valence-electron chi connectivity index (χ2n) is 5.31. The van der Waals surface area contributed by atoms with Crippen molar-refractivity contribution in [1.29, 1.82) is 0 Å². The smallest absolute Gasteiger partial charge is 0.315 e. The predicted octanol–water partition coefficient (Wildman–Crippen LogP) is 1.78. The monoisotopic (exact) mass is 326 g/mol. The summed E-state index contributed by atoms with van der Waals surface area (Å²) in [5, 5.41) is 13.6. The van der Waals surface area contributed by atoms with E-state index in [-0.39, 0.29) is 12.6 Å². The number of hydrogen-bond acceptors (Lipinski definition) is 5. The predicted molar refractivity (Wildman–Crippen MR) is 86.8 cm³/mol. The molecule has 2 aromatic heterocycles. The van der Waals surface area contributed by atoms with E-state index in [1.54, 1.807) is 11.6 Å². The molecular formula is C16H18N6O2. The topological polar surface area (TPSA) is 97.9 Å². The largest absolute Gasteiger partial charge is 0.337 e. The summed E-state index contributed by atoms with van der Waals surface area (Å²) >= 11 is 0. The van der Waals surface area contributed by atoms with Gasteiger partial charge in [-0.25, -0.2) is 4.79 Å².